The van der Waals surface area contributed by atoms with Crippen LogP contribution in [-0.4, -0.2) is 59.5 Å². The van der Waals surface area contributed by atoms with Crippen molar-refractivity contribution in [3.63, 3.8) is 0 Å². The van der Waals surface area contributed by atoms with E-state index in [0.717, 1.165) is 6.42 Å². The molecule has 0 bridgehead atoms. The van der Waals surface area contributed by atoms with Gasteiger partial charge in [0.05, 0.1) is 31.7 Å². The van der Waals surface area contributed by atoms with Gasteiger partial charge >= 0.3 is 8.60 Å². The number of nitrogens with zero attached hydrogens (tertiary/aromatic N) is 3. The van der Waals surface area contributed by atoms with E-state index in [4.69, 9.17) is 23.0 Å². The summed E-state index contributed by atoms with van der Waals surface area (Å²) in [6.07, 6.45) is 4.99. The van der Waals surface area contributed by atoms with Crippen molar-refractivity contribution < 1.29 is 27.8 Å². The Morgan fingerprint density at radius 3 is 2.73 bits per heavy atom. The Kier molecular flexibility index (Phi) is 8.48. The molecular formula is C20H26N5O7P. The van der Waals surface area contributed by atoms with Gasteiger partial charge in [0.2, 0.25) is 5.95 Å². The second-order valence-electron chi connectivity index (χ2n) is 6.76. The van der Waals surface area contributed by atoms with Gasteiger partial charge in [-0.25, -0.2) is 4.98 Å². The van der Waals surface area contributed by atoms with Crippen LogP contribution in [0.3, 0.4) is 0 Å². The first-order valence-corrected chi connectivity index (χ1v) is 11.0. The SMILES string of the molecule is C=C/C(OC)=C(\C=C)C(=O)Nc1nc2c(ncn2C2CCC(COP(OC)OC)O2)c(=O)[nH]1. The molecule has 0 aromatic carbocycles. The lowest BCUT2D eigenvalue weighted by Gasteiger charge is -2.17. The van der Waals surface area contributed by atoms with Crippen molar-refractivity contribution in [2.75, 3.05) is 33.3 Å². The summed E-state index contributed by atoms with van der Waals surface area (Å²) in [7, 11) is 3.00. The molecule has 33 heavy (non-hydrogen) atoms. The lowest BCUT2D eigenvalue weighted by atomic mass is 10.2. The van der Waals surface area contributed by atoms with Crippen LogP contribution in [0.5, 0.6) is 0 Å². The van der Waals surface area contributed by atoms with Crippen molar-refractivity contribution in [1.29, 1.82) is 0 Å². The molecule has 3 heterocycles. The highest BCUT2D eigenvalue weighted by atomic mass is 31.2. The van der Waals surface area contributed by atoms with Gasteiger partial charge in [0.25, 0.3) is 11.5 Å². The number of carbonyl (C=O) groups excluding carboxylic acids is 1. The number of imidazole rings is 1. The number of H-pyrrole nitrogens is 1. The van der Waals surface area contributed by atoms with Crippen LogP contribution < -0.4 is 10.9 Å². The number of hydrogen-bond acceptors (Lipinski definition) is 9. The van der Waals surface area contributed by atoms with Crippen LogP contribution in [0.25, 0.3) is 11.2 Å². The molecule has 12 nitrogen and oxygen atoms in total. The van der Waals surface area contributed by atoms with Crippen LogP contribution in [0.15, 0.2) is 47.8 Å². The molecule has 2 aromatic rings. The Morgan fingerprint density at radius 1 is 1.33 bits per heavy atom. The van der Waals surface area contributed by atoms with Crippen molar-refractivity contribution in [2.45, 2.75) is 25.2 Å². The molecule has 0 radical (unpaired) electrons. The molecule has 2 atom stereocenters. The predicted molar refractivity (Wildman–Crippen MR) is 121 cm³/mol. The molecule has 1 amide bonds. The van der Waals surface area contributed by atoms with E-state index in [-0.39, 0.29) is 34.5 Å². The highest BCUT2D eigenvalue weighted by Gasteiger charge is 2.29. The summed E-state index contributed by atoms with van der Waals surface area (Å²) in [5.74, 6) is -0.395. The third-order valence-electron chi connectivity index (χ3n) is 4.84. The number of nitrogens with one attached hydrogen (secondary N) is 2. The summed E-state index contributed by atoms with van der Waals surface area (Å²) >= 11 is 0. The van der Waals surface area contributed by atoms with Crippen molar-refractivity contribution in [3.8, 4) is 0 Å². The van der Waals surface area contributed by atoms with Gasteiger partial charge in [0, 0.05) is 14.2 Å². The van der Waals surface area contributed by atoms with Gasteiger partial charge in [-0.15, -0.1) is 0 Å². The standard InChI is InChI=1S/C20H26N5O7P/c1-6-13(14(7-2)28-3)18(26)23-20-22-17-16(19(27)24-20)21-11-25(17)15-9-8-12(32-15)10-31-33(29-4)30-5/h6-7,11-12,15H,1-2,8-10H2,3-5H3,(H2,22,23,24,26,27)/b14-13-. The largest absolute Gasteiger partial charge is 0.496 e. The van der Waals surface area contributed by atoms with E-state index in [1.54, 1.807) is 4.57 Å². The summed E-state index contributed by atoms with van der Waals surface area (Å²) < 4.78 is 28.5. The Balaban J connectivity index is 1.80. The number of ether oxygens (including phenoxy) is 2. The van der Waals surface area contributed by atoms with E-state index in [1.165, 1.54) is 39.8 Å². The average Bonchev–Trinajstić information content (AvgIpc) is 3.45. The zero-order valence-corrected chi connectivity index (χ0v) is 19.5. The Hall–Kier alpha value is -2.89. The minimum absolute atomic E-state index is 0.0539. The lowest BCUT2D eigenvalue weighted by Crippen LogP contribution is -2.21. The van der Waals surface area contributed by atoms with Crippen LogP contribution in [0, 0.1) is 0 Å². The highest BCUT2D eigenvalue weighted by Crippen LogP contribution is 2.39. The highest BCUT2D eigenvalue weighted by molar-refractivity contribution is 7.41. The maximum Gasteiger partial charge on any atom is 0.332 e. The van der Waals surface area contributed by atoms with Gasteiger partial charge in [0.1, 0.15) is 12.0 Å². The topological polar surface area (TPSA) is 139 Å². The molecule has 2 N–H and O–H groups in total. The van der Waals surface area contributed by atoms with E-state index in [9.17, 15) is 9.59 Å². The van der Waals surface area contributed by atoms with Gasteiger partial charge in [-0.3, -0.25) is 24.5 Å². The minimum atomic E-state index is -1.41. The minimum Gasteiger partial charge on any atom is -0.496 e. The first kappa shape index (κ1) is 24.7. The van der Waals surface area contributed by atoms with Gasteiger partial charge < -0.3 is 23.0 Å². The number of aromatic amines is 1. The summed E-state index contributed by atoms with van der Waals surface area (Å²) in [6.45, 7) is 7.52. The molecule has 13 heteroatoms. The summed E-state index contributed by atoms with van der Waals surface area (Å²) in [4.78, 5) is 36.2. The molecule has 1 fully saturated rings. The second-order valence-corrected chi connectivity index (χ2v) is 8.19. The molecule has 178 valence electrons. The summed E-state index contributed by atoms with van der Waals surface area (Å²) in [5.41, 5.74) is 0.0357. The van der Waals surface area contributed by atoms with Gasteiger partial charge in [-0.1, -0.05) is 19.2 Å². The smallest absolute Gasteiger partial charge is 0.332 e. The maximum absolute atomic E-state index is 12.6. The Labute approximate surface area is 191 Å². The molecule has 3 rings (SSSR count). The van der Waals surface area contributed by atoms with E-state index in [2.05, 4.69) is 33.4 Å². The number of anilines is 1. The van der Waals surface area contributed by atoms with Crippen molar-refractivity contribution >= 4 is 31.6 Å². The van der Waals surface area contributed by atoms with Crippen LogP contribution >= 0.6 is 8.60 Å². The third kappa shape index (κ3) is 5.55. The summed E-state index contributed by atoms with van der Waals surface area (Å²) in [6, 6.07) is 0. The van der Waals surface area contributed by atoms with Gasteiger partial charge in [-0.2, -0.15) is 4.98 Å². The van der Waals surface area contributed by atoms with Crippen LogP contribution in [-0.2, 0) is 27.8 Å². The number of methoxy groups -OCH3 is 1. The first-order valence-electron chi connectivity index (χ1n) is 9.93. The van der Waals surface area contributed by atoms with Gasteiger partial charge in [0.15, 0.2) is 11.2 Å². The maximum atomic E-state index is 12.6. The second kappa shape index (κ2) is 11.3. The number of carbonyl (C=O) groups is 1. The van der Waals surface area contributed by atoms with Crippen LogP contribution in [0.2, 0.25) is 0 Å². The molecule has 2 aromatic heterocycles. The molecule has 2 unspecified atom stereocenters. The van der Waals surface area contributed by atoms with Gasteiger partial charge in [-0.05, 0) is 18.9 Å². The zero-order valence-electron chi connectivity index (χ0n) is 18.6. The number of amides is 1. The fraction of sp³-hybridized carbons (Fsp3) is 0.400. The first-order chi connectivity index (χ1) is 15.9. The number of aromatic nitrogens is 4. The number of hydrogen-bond donors (Lipinski definition) is 2. The molecule has 0 saturated carbocycles. The fourth-order valence-electron chi connectivity index (χ4n) is 3.32. The molecule has 1 aliphatic rings. The van der Waals surface area contributed by atoms with E-state index in [1.807, 2.05) is 0 Å². The molecular weight excluding hydrogens is 453 g/mol. The Bertz CT molecular complexity index is 1110. The Morgan fingerprint density at radius 2 is 2.09 bits per heavy atom. The molecule has 0 spiro atoms. The predicted octanol–water partition coefficient (Wildman–Crippen LogP) is 2.54. The number of rotatable bonds is 11. The monoisotopic (exact) mass is 479 g/mol. The summed E-state index contributed by atoms with van der Waals surface area (Å²) in [5, 5.41) is 2.55. The van der Waals surface area contributed by atoms with Crippen molar-refractivity contribution in [2.24, 2.45) is 0 Å². The normalized spacial score (nSPS) is 18.9. The fourth-order valence-corrected chi connectivity index (χ4v) is 3.97. The lowest BCUT2D eigenvalue weighted by molar-refractivity contribution is -0.112. The quantitative estimate of drug-likeness (QED) is 0.215. The van der Waals surface area contributed by atoms with E-state index in [0.29, 0.717) is 13.0 Å². The zero-order chi connectivity index (χ0) is 24.0. The third-order valence-corrected chi connectivity index (χ3v) is 5.80. The van der Waals surface area contributed by atoms with E-state index < -0.39 is 26.3 Å². The number of fused-ring (bicyclic) bond motifs is 1. The molecule has 1 saturated heterocycles. The number of allylic oxidation sites excluding steroid dienone is 1. The average molecular weight is 479 g/mol. The van der Waals surface area contributed by atoms with E-state index >= 15 is 0 Å². The van der Waals surface area contributed by atoms with Crippen molar-refractivity contribution in [1.82, 2.24) is 19.5 Å². The molecule has 0 aliphatic carbocycles. The van der Waals surface area contributed by atoms with Crippen molar-refractivity contribution in [3.05, 3.63) is 53.3 Å². The molecule has 1 aliphatic heterocycles. The van der Waals surface area contributed by atoms with Crippen LogP contribution in [0.1, 0.15) is 19.1 Å². The van der Waals surface area contributed by atoms with Crippen LogP contribution in [0.4, 0.5) is 5.95 Å².